The Bertz CT molecular complexity index is 576. The third-order valence-electron chi connectivity index (χ3n) is 5.85. The Morgan fingerprint density at radius 3 is 2.48 bits per heavy atom. The van der Waals surface area contributed by atoms with Gasteiger partial charge in [-0.05, 0) is 57.2 Å². The van der Waals surface area contributed by atoms with E-state index >= 15 is 0 Å². The second-order valence-electron chi connectivity index (χ2n) is 7.17. The van der Waals surface area contributed by atoms with Gasteiger partial charge in [0.05, 0.1) is 6.04 Å². The van der Waals surface area contributed by atoms with Gasteiger partial charge in [0.2, 0.25) is 11.9 Å². The number of nitrogens with zero attached hydrogens (tertiary/aromatic N) is 4. The number of amides is 1. The van der Waals surface area contributed by atoms with E-state index in [9.17, 15) is 4.79 Å². The smallest absolute Gasteiger partial charge is 0.239 e. The quantitative estimate of drug-likeness (QED) is 0.889. The van der Waals surface area contributed by atoms with Gasteiger partial charge in [-0.15, -0.1) is 0 Å². The number of hydrogen-bond acceptors (Lipinski definition) is 5. The molecule has 4 aliphatic heterocycles. The van der Waals surface area contributed by atoms with Crippen molar-refractivity contribution in [2.75, 3.05) is 31.9 Å². The Morgan fingerprint density at radius 2 is 1.87 bits per heavy atom. The lowest BCUT2D eigenvalue weighted by Gasteiger charge is -2.46. The van der Waals surface area contributed by atoms with Crippen LogP contribution in [0.15, 0.2) is 12.3 Å². The summed E-state index contributed by atoms with van der Waals surface area (Å²) < 4.78 is 0. The average molecular weight is 315 g/mol. The lowest BCUT2D eigenvalue weighted by Crippen LogP contribution is -2.57. The molecule has 6 heteroatoms. The van der Waals surface area contributed by atoms with Crippen LogP contribution in [0.3, 0.4) is 0 Å². The van der Waals surface area contributed by atoms with Crippen LogP contribution >= 0.6 is 0 Å². The first-order valence-electron chi connectivity index (χ1n) is 8.82. The molecule has 0 radical (unpaired) electrons. The predicted octanol–water partition coefficient (Wildman–Crippen LogP) is 1.25. The molecule has 5 heterocycles. The Balaban J connectivity index is 1.37. The van der Waals surface area contributed by atoms with E-state index in [1.165, 1.54) is 12.8 Å². The molecule has 0 aromatic carbocycles. The lowest BCUT2D eigenvalue weighted by atomic mass is 9.82. The van der Waals surface area contributed by atoms with Crippen molar-refractivity contribution in [1.82, 2.24) is 19.8 Å². The summed E-state index contributed by atoms with van der Waals surface area (Å²) in [5.74, 6) is 1.87. The van der Waals surface area contributed by atoms with Crippen molar-refractivity contribution in [2.45, 2.75) is 44.1 Å². The molecule has 2 N–H and O–H groups in total. The van der Waals surface area contributed by atoms with Gasteiger partial charge >= 0.3 is 0 Å². The monoisotopic (exact) mass is 315 g/mol. The summed E-state index contributed by atoms with van der Waals surface area (Å²) in [4.78, 5) is 25.7. The van der Waals surface area contributed by atoms with Gasteiger partial charge in [0.15, 0.2) is 0 Å². The van der Waals surface area contributed by atoms with Crippen LogP contribution in [-0.4, -0.2) is 57.9 Å². The van der Waals surface area contributed by atoms with Gasteiger partial charge in [0, 0.05) is 30.9 Å². The first-order valence-corrected chi connectivity index (χ1v) is 8.82. The minimum Gasteiger partial charge on any atom is -0.368 e. The standard InChI is InChI=1S/C17H25N5O/c18-17-19-6-1-14(20-17)13-4-9-22(10-5-13)16(23)15-11-12-2-7-21(15)8-3-12/h1,6,12-13,15H,2-5,7-11H2,(H2,18,19,20). The number of anilines is 1. The number of carbonyl (C=O) groups excluding carboxylic acids is 1. The minimum atomic E-state index is 0.147. The summed E-state index contributed by atoms with van der Waals surface area (Å²) in [6, 6.07) is 2.10. The van der Waals surface area contributed by atoms with Crippen LogP contribution in [0.25, 0.3) is 0 Å². The summed E-state index contributed by atoms with van der Waals surface area (Å²) in [5.41, 5.74) is 6.70. The van der Waals surface area contributed by atoms with Crippen LogP contribution in [-0.2, 0) is 4.79 Å². The fourth-order valence-corrected chi connectivity index (χ4v) is 4.44. The zero-order valence-corrected chi connectivity index (χ0v) is 13.5. The molecule has 0 aliphatic carbocycles. The Morgan fingerprint density at radius 1 is 1.13 bits per heavy atom. The molecule has 1 aromatic heterocycles. The molecule has 1 unspecified atom stereocenters. The fourth-order valence-electron chi connectivity index (χ4n) is 4.44. The van der Waals surface area contributed by atoms with Gasteiger partial charge in [-0.1, -0.05) is 0 Å². The highest BCUT2D eigenvalue weighted by Gasteiger charge is 2.40. The number of hydrogen-bond donors (Lipinski definition) is 1. The predicted molar refractivity (Wildman–Crippen MR) is 87.7 cm³/mol. The van der Waals surface area contributed by atoms with Crippen molar-refractivity contribution >= 4 is 11.9 Å². The first-order chi connectivity index (χ1) is 11.2. The van der Waals surface area contributed by atoms with Crippen molar-refractivity contribution in [2.24, 2.45) is 5.92 Å². The van der Waals surface area contributed by atoms with E-state index in [1.807, 2.05) is 6.07 Å². The highest BCUT2D eigenvalue weighted by atomic mass is 16.2. The van der Waals surface area contributed by atoms with E-state index < -0.39 is 0 Å². The van der Waals surface area contributed by atoms with Gasteiger partial charge in [-0.25, -0.2) is 9.97 Å². The van der Waals surface area contributed by atoms with E-state index in [2.05, 4.69) is 19.8 Å². The Hall–Kier alpha value is -1.69. The maximum Gasteiger partial charge on any atom is 0.239 e. The summed E-state index contributed by atoms with van der Waals surface area (Å²) in [7, 11) is 0. The number of nitrogens with two attached hydrogens (primary N) is 1. The van der Waals surface area contributed by atoms with E-state index in [-0.39, 0.29) is 6.04 Å². The van der Waals surface area contributed by atoms with Crippen LogP contribution < -0.4 is 5.73 Å². The number of rotatable bonds is 2. The molecule has 4 saturated heterocycles. The summed E-state index contributed by atoms with van der Waals surface area (Å²) in [5, 5.41) is 0. The average Bonchev–Trinajstić information content (AvgIpc) is 2.62. The molecule has 0 spiro atoms. The van der Waals surface area contributed by atoms with Crippen molar-refractivity contribution in [3.05, 3.63) is 18.0 Å². The third kappa shape index (κ3) is 2.92. The molecule has 6 nitrogen and oxygen atoms in total. The van der Waals surface area contributed by atoms with Crippen LogP contribution in [0.4, 0.5) is 5.95 Å². The number of piperidine rings is 4. The molecule has 1 amide bonds. The Labute approximate surface area is 137 Å². The van der Waals surface area contributed by atoms with Gasteiger partial charge < -0.3 is 10.6 Å². The zero-order valence-electron chi connectivity index (χ0n) is 13.5. The maximum absolute atomic E-state index is 12.9. The van der Waals surface area contributed by atoms with E-state index in [1.54, 1.807) is 6.20 Å². The normalized spacial score (nSPS) is 31.3. The number of aromatic nitrogens is 2. The molecule has 2 bridgehead atoms. The maximum atomic E-state index is 12.9. The molecule has 4 aliphatic rings. The van der Waals surface area contributed by atoms with E-state index in [0.29, 0.717) is 17.8 Å². The highest BCUT2D eigenvalue weighted by molar-refractivity contribution is 5.82. The van der Waals surface area contributed by atoms with Crippen LogP contribution in [0.1, 0.15) is 43.7 Å². The minimum absolute atomic E-state index is 0.147. The van der Waals surface area contributed by atoms with Crippen molar-refractivity contribution in [3.63, 3.8) is 0 Å². The first kappa shape index (κ1) is 14.9. The molecule has 4 fully saturated rings. The van der Waals surface area contributed by atoms with Crippen LogP contribution in [0.5, 0.6) is 0 Å². The molecule has 23 heavy (non-hydrogen) atoms. The molecular formula is C17H25N5O. The number of fused-ring (bicyclic) bond motifs is 3. The second-order valence-corrected chi connectivity index (χ2v) is 7.17. The summed E-state index contributed by atoms with van der Waals surface area (Å²) >= 11 is 0. The molecule has 124 valence electrons. The van der Waals surface area contributed by atoms with Crippen LogP contribution in [0, 0.1) is 5.92 Å². The molecule has 1 aromatic rings. The number of nitrogen functional groups attached to an aromatic ring is 1. The fraction of sp³-hybridized carbons (Fsp3) is 0.706. The van der Waals surface area contributed by atoms with Crippen molar-refractivity contribution < 1.29 is 4.79 Å². The summed E-state index contributed by atoms with van der Waals surface area (Å²) in [6.45, 7) is 3.89. The van der Waals surface area contributed by atoms with Crippen LogP contribution in [0.2, 0.25) is 0 Å². The zero-order chi connectivity index (χ0) is 15.8. The molecule has 1 atom stereocenters. The molecular weight excluding hydrogens is 290 g/mol. The van der Waals surface area contributed by atoms with Gasteiger partial charge in [0.25, 0.3) is 0 Å². The SMILES string of the molecule is Nc1nccc(C2CCN(C(=O)C3CC4CCN3CC4)CC2)n1. The summed E-state index contributed by atoms with van der Waals surface area (Å²) in [6.07, 6.45) is 7.29. The van der Waals surface area contributed by atoms with Gasteiger partial charge in [0.1, 0.15) is 0 Å². The second kappa shape index (κ2) is 6.07. The van der Waals surface area contributed by atoms with E-state index in [0.717, 1.165) is 57.1 Å². The largest absolute Gasteiger partial charge is 0.368 e. The van der Waals surface area contributed by atoms with Crippen molar-refractivity contribution in [3.8, 4) is 0 Å². The third-order valence-corrected chi connectivity index (χ3v) is 5.85. The molecule has 5 rings (SSSR count). The van der Waals surface area contributed by atoms with E-state index in [4.69, 9.17) is 5.73 Å². The number of carbonyl (C=O) groups is 1. The highest BCUT2D eigenvalue weighted by Crippen LogP contribution is 2.34. The number of likely N-dealkylation sites (tertiary alicyclic amines) is 1. The van der Waals surface area contributed by atoms with Gasteiger partial charge in [-0.2, -0.15) is 0 Å². The van der Waals surface area contributed by atoms with Crippen molar-refractivity contribution in [1.29, 1.82) is 0 Å². The lowest BCUT2D eigenvalue weighted by molar-refractivity contribution is -0.142. The molecule has 0 saturated carbocycles. The van der Waals surface area contributed by atoms with Gasteiger partial charge in [-0.3, -0.25) is 9.69 Å². The topological polar surface area (TPSA) is 75.3 Å². The Kier molecular flexibility index (Phi) is 3.93.